The predicted octanol–water partition coefficient (Wildman–Crippen LogP) is 2.51. The van der Waals surface area contributed by atoms with Crippen LogP contribution in [0, 0.1) is 19.8 Å². The zero-order valence-corrected chi connectivity index (χ0v) is 10.2. The summed E-state index contributed by atoms with van der Waals surface area (Å²) in [4.78, 5) is 2.44. The first kappa shape index (κ1) is 11.5. The van der Waals surface area contributed by atoms with Gasteiger partial charge in [0.15, 0.2) is 0 Å². The number of aliphatic hydroxyl groups excluding tert-OH is 1. The highest BCUT2D eigenvalue weighted by atomic mass is 16.3. The Balaban J connectivity index is 2.23. The molecule has 1 atom stereocenters. The maximum Gasteiger partial charge on any atom is 0.0476 e. The summed E-state index contributed by atoms with van der Waals surface area (Å²) in [6, 6.07) is 6.46. The molecule has 0 aromatic heterocycles. The van der Waals surface area contributed by atoms with Gasteiger partial charge in [0.1, 0.15) is 0 Å². The van der Waals surface area contributed by atoms with E-state index in [0.717, 1.165) is 19.5 Å². The smallest absolute Gasteiger partial charge is 0.0476 e. The Hall–Kier alpha value is -1.02. The van der Waals surface area contributed by atoms with Crippen LogP contribution in [0.15, 0.2) is 18.2 Å². The summed E-state index contributed by atoms with van der Waals surface area (Å²) in [5.74, 6) is 0.452. The quantitative estimate of drug-likeness (QED) is 0.826. The lowest BCUT2D eigenvalue weighted by atomic mass is 9.97. The van der Waals surface area contributed by atoms with Gasteiger partial charge in [-0.3, -0.25) is 0 Å². The van der Waals surface area contributed by atoms with E-state index in [1.807, 2.05) is 0 Å². The molecule has 0 aliphatic carbocycles. The van der Waals surface area contributed by atoms with Crippen LogP contribution < -0.4 is 4.90 Å². The van der Waals surface area contributed by atoms with Crippen LogP contribution in [0.3, 0.4) is 0 Å². The highest BCUT2D eigenvalue weighted by molar-refractivity contribution is 5.59. The van der Waals surface area contributed by atoms with Crippen LogP contribution in [-0.4, -0.2) is 24.8 Å². The average molecular weight is 219 g/mol. The molecule has 0 saturated carbocycles. The van der Waals surface area contributed by atoms with Gasteiger partial charge in [0.05, 0.1) is 0 Å². The van der Waals surface area contributed by atoms with Crippen LogP contribution in [0.5, 0.6) is 0 Å². The average Bonchev–Trinajstić information content (AvgIpc) is 2.29. The van der Waals surface area contributed by atoms with Gasteiger partial charge in [-0.25, -0.2) is 0 Å². The summed E-state index contributed by atoms with van der Waals surface area (Å²) < 4.78 is 0. The first-order chi connectivity index (χ1) is 7.72. The Bertz CT molecular complexity index is 342. The minimum atomic E-state index is 0.321. The molecule has 0 amide bonds. The number of anilines is 1. The number of nitrogens with zero attached hydrogens (tertiary/aromatic N) is 1. The molecule has 2 nitrogen and oxygen atoms in total. The van der Waals surface area contributed by atoms with Crippen molar-refractivity contribution in [2.45, 2.75) is 26.7 Å². The van der Waals surface area contributed by atoms with Crippen LogP contribution in [0.1, 0.15) is 24.0 Å². The molecule has 0 spiro atoms. The highest BCUT2D eigenvalue weighted by Crippen LogP contribution is 2.28. The zero-order chi connectivity index (χ0) is 11.5. The molecule has 1 aliphatic rings. The van der Waals surface area contributed by atoms with Gasteiger partial charge in [0.25, 0.3) is 0 Å². The number of hydrogen-bond acceptors (Lipinski definition) is 2. The molecule has 1 aliphatic heterocycles. The van der Waals surface area contributed by atoms with Crippen LogP contribution >= 0.6 is 0 Å². The van der Waals surface area contributed by atoms with Gasteiger partial charge in [-0.15, -0.1) is 0 Å². The number of aryl methyl sites for hydroxylation is 2. The van der Waals surface area contributed by atoms with Crippen molar-refractivity contribution >= 4 is 5.69 Å². The topological polar surface area (TPSA) is 23.5 Å². The summed E-state index contributed by atoms with van der Waals surface area (Å²) in [5, 5.41) is 9.27. The van der Waals surface area contributed by atoms with E-state index in [9.17, 15) is 5.11 Å². The second-order valence-electron chi connectivity index (χ2n) is 4.88. The number of rotatable bonds is 2. The Morgan fingerprint density at radius 2 is 2.00 bits per heavy atom. The van der Waals surface area contributed by atoms with E-state index >= 15 is 0 Å². The molecular weight excluding hydrogens is 198 g/mol. The van der Waals surface area contributed by atoms with Crippen molar-refractivity contribution in [3.8, 4) is 0 Å². The lowest BCUT2D eigenvalue weighted by molar-refractivity contribution is 0.208. The Morgan fingerprint density at radius 3 is 2.62 bits per heavy atom. The highest BCUT2D eigenvalue weighted by Gasteiger charge is 2.21. The molecule has 88 valence electrons. The number of benzene rings is 1. The summed E-state index contributed by atoms with van der Waals surface area (Å²) >= 11 is 0. The van der Waals surface area contributed by atoms with Crippen LogP contribution in [0.4, 0.5) is 5.69 Å². The summed E-state index contributed by atoms with van der Waals surface area (Å²) in [6.45, 7) is 6.79. The third-order valence-electron chi connectivity index (χ3n) is 3.53. The van der Waals surface area contributed by atoms with Crippen LogP contribution in [0.2, 0.25) is 0 Å². The molecule has 0 bridgehead atoms. The second kappa shape index (κ2) is 4.88. The maximum absolute atomic E-state index is 9.27. The second-order valence-corrected chi connectivity index (χ2v) is 4.88. The monoisotopic (exact) mass is 219 g/mol. The Labute approximate surface area is 97.9 Å². The van der Waals surface area contributed by atoms with Crippen molar-refractivity contribution in [2.24, 2.45) is 5.92 Å². The van der Waals surface area contributed by atoms with Gasteiger partial charge in [-0.1, -0.05) is 18.2 Å². The predicted molar refractivity (Wildman–Crippen MR) is 67.9 cm³/mol. The molecule has 1 aromatic carbocycles. The van der Waals surface area contributed by atoms with E-state index in [4.69, 9.17) is 0 Å². The molecule has 1 heterocycles. The van der Waals surface area contributed by atoms with E-state index in [2.05, 4.69) is 36.9 Å². The number of hydrogen-bond donors (Lipinski definition) is 1. The third-order valence-corrected chi connectivity index (χ3v) is 3.53. The fourth-order valence-corrected chi connectivity index (χ4v) is 2.72. The summed E-state index contributed by atoms with van der Waals surface area (Å²) in [7, 11) is 0. The van der Waals surface area contributed by atoms with Crippen molar-refractivity contribution in [3.63, 3.8) is 0 Å². The summed E-state index contributed by atoms with van der Waals surface area (Å²) in [5.41, 5.74) is 4.07. The standard InChI is InChI=1S/C14H21NO/c1-11-5-3-6-12(2)14(11)15-8-4-7-13(9-15)10-16/h3,5-6,13,16H,4,7-10H2,1-2H3/t13-/m1/s1. The van der Waals surface area contributed by atoms with Crippen LogP contribution in [0.25, 0.3) is 0 Å². The molecule has 1 fully saturated rings. The first-order valence-electron chi connectivity index (χ1n) is 6.14. The zero-order valence-electron chi connectivity index (χ0n) is 10.2. The van der Waals surface area contributed by atoms with E-state index in [-0.39, 0.29) is 0 Å². The maximum atomic E-state index is 9.27. The summed E-state index contributed by atoms with van der Waals surface area (Å²) in [6.07, 6.45) is 2.36. The van der Waals surface area contributed by atoms with Crippen molar-refractivity contribution < 1.29 is 5.11 Å². The van der Waals surface area contributed by atoms with Crippen molar-refractivity contribution in [1.29, 1.82) is 0 Å². The van der Waals surface area contributed by atoms with E-state index < -0.39 is 0 Å². The van der Waals surface area contributed by atoms with E-state index in [1.54, 1.807) is 0 Å². The minimum Gasteiger partial charge on any atom is -0.396 e. The van der Waals surface area contributed by atoms with Crippen molar-refractivity contribution in [3.05, 3.63) is 29.3 Å². The molecule has 0 unspecified atom stereocenters. The van der Waals surface area contributed by atoms with E-state index in [1.165, 1.54) is 23.2 Å². The van der Waals surface area contributed by atoms with Gasteiger partial charge in [0, 0.05) is 25.4 Å². The fourth-order valence-electron chi connectivity index (χ4n) is 2.72. The number of para-hydroxylation sites is 1. The van der Waals surface area contributed by atoms with Gasteiger partial charge >= 0.3 is 0 Å². The van der Waals surface area contributed by atoms with Gasteiger partial charge in [0.2, 0.25) is 0 Å². The lowest BCUT2D eigenvalue weighted by Gasteiger charge is -2.35. The molecule has 1 aromatic rings. The first-order valence-corrected chi connectivity index (χ1v) is 6.14. The number of aliphatic hydroxyl groups is 1. The fraction of sp³-hybridized carbons (Fsp3) is 0.571. The minimum absolute atomic E-state index is 0.321. The Kier molecular flexibility index (Phi) is 3.49. The van der Waals surface area contributed by atoms with Gasteiger partial charge in [-0.05, 0) is 43.7 Å². The third kappa shape index (κ3) is 2.22. The normalized spacial score (nSPS) is 21.2. The van der Waals surface area contributed by atoms with Gasteiger partial charge < -0.3 is 10.0 Å². The SMILES string of the molecule is Cc1cccc(C)c1N1CCC[C@@H](CO)C1. The largest absolute Gasteiger partial charge is 0.396 e. The molecular formula is C14H21NO. The van der Waals surface area contributed by atoms with Crippen molar-refractivity contribution in [1.82, 2.24) is 0 Å². The van der Waals surface area contributed by atoms with Crippen molar-refractivity contribution in [2.75, 3.05) is 24.6 Å². The molecule has 2 rings (SSSR count). The number of piperidine rings is 1. The molecule has 1 N–H and O–H groups in total. The van der Waals surface area contributed by atoms with Gasteiger partial charge in [-0.2, -0.15) is 0 Å². The Morgan fingerprint density at radius 1 is 1.31 bits per heavy atom. The molecule has 0 radical (unpaired) electrons. The van der Waals surface area contributed by atoms with Crippen LogP contribution in [-0.2, 0) is 0 Å². The lowest BCUT2D eigenvalue weighted by Crippen LogP contribution is -2.37. The molecule has 1 saturated heterocycles. The molecule has 16 heavy (non-hydrogen) atoms. The molecule has 2 heteroatoms. The van der Waals surface area contributed by atoms with E-state index in [0.29, 0.717) is 12.5 Å².